The van der Waals surface area contributed by atoms with Crippen LogP contribution in [0.25, 0.3) is 22.3 Å². The highest BCUT2D eigenvalue weighted by Crippen LogP contribution is 2.40. The monoisotopic (exact) mass is 756 g/mol. The van der Waals surface area contributed by atoms with Crippen molar-refractivity contribution in [2.45, 2.75) is 106 Å². The number of hydrogen-bond acceptors (Lipinski definition) is 20. The summed E-state index contributed by atoms with van der Waals surface area (Å²) in [5, 5.41) is 125. The van der Waals surface area contributed by atoms with Gasteiger partial charge in [0.05, 0.1) is 18.8 Å². The van der Waals surface area contributed by atoms with Crippen molar-refractivity contribution in [1.82, 2.24) is 0 Å². The Morgan fingerprint density at radius 3 is 1.98 bits per heavy atom. The second kappa shape index (κ2) is 15.1. The molecule has 12 N–H and O–H groups in total. The lowest BCUT2D eigenvalue weighted by atomic mass is 9.97. The average molecular weight is 757 g/mol. The molecule has 3 aliphatic heterocycles. The number of fused-ring (bicyclic) bond motifs is 1. The molecule has 292 valence electrons. The van der Waals surface area contributed by atoms with Crippen LogP contribution in [0.5, 0.6) is 28.7 Å². The van der Waals surface area contributed by atoms with Gasteiger partial charge in [0.1, 0.15) is 83.5 Å². The highest BCUT2D eigenvalue weighted by atomic mass is 16.7. The van der Waals surface area contributed by atoms with Gasteiger partial charge in [-0.15, -0.1) is 0 Å². The summed E-state index contributed by atoms with van der Waals surface area (Å²) in [6.07, 6.45) is -24.5. The summed E-state index contributed by atoms with van der Waals surface area (Å²) in [5.41, 5.74) is -1.45. The fraction of sp³-hybridized carbons (Fsp3) is 0.545. The maximum atomic E-state index is 13.7. The second-order valence-corrected chi connectivity index (χ2v) is 13.1. The summed E-state index contributed by atoms with van der Waals surface area (Å²) in [6, 6.07) is 5.15. The molecule has 20 nitrogen and oxygen atoms in total. The maximum Gasteiger partial charge on any atom is 0.239 e. The van der Waals surface area contributed by atoms with Crippen molar-refractivity contribution in [1.29, 1.82) is 0 Å². The number of rotatable bonds is 8. The molecule has 0 aliphatic carbocycles. The first-order chi connectivity index (χ1) is 25.0. The van der Waals surface area contributed by atoms with E-state index >= 15 is 0 Å². The Morgan fingerprint density at radius 1 is 0.642 bits per heavy atom. The molecule has 2 aromatic carbocycles. The molecule has 3 saturated heterocycles. The second-order valence-electron chi connectivity index (χ2n) is 13.1. The van der Waals surface area contributed by atoms with E-state index in [0.717, 1.165) is 24.3 Å². The Bertz CT molecular complexity index is 1830. The number of ether oxygens (including phenoxy) is 6. The molecule has 3 aliphatic rings. The molecular weight excluding hydrogens is 716 g/mol. The SMILES string of the molecule is C[C@@H]1O[C@@H](OC[C@H]2O[C@@H](Oc3c(-c4ccc(O)c(O)c4)oc4cc(O)cc(O)c4c3=O)[C@H](O)[C@@H](O)[C@@H]2O)[C@H](O)[C@H](O[C@@H]2O[C@@H](C)[C@@H](O)[C@@H](O)[C@H]2O)[C@H]1O. The van der Waals surface area contributed by atoms with E-state index in [0.29, 0.717) is 0 Å². The molecule has 53 heavy (non-hydrogen) atoms. The molecule has 0 radical (unpaired) electrons. The van der Waals surface area contributed by atoms with E-state index in [1.54, 1.807) is 0 Å². The minimum absolute atomic E-state index is 0.0642. The first-order valence-electron chi connectivity index (χ1n) is 16.4. The van der Waals surface area contributed by atoms with Gasteiger partial charge in [-0.25, -0.2) is 0 Å². The molecule has 3 aromatic rings. The molecule has 20 heteroatoms. The van der Waals surface area contributed by atoms with E-state index in [9.17, 15) is 66.1 Å². The Morgan fingerprint density at radius 2 is 1.28 bits per heavy atom. The minimum atomic E-state index is -2.03. The van der Waals surface area contributed by atoms with E-state index in [1.165, 1.54) is 19.9 Å². The number of phenols is 4. The topological polar surface area (TPSA) is 328 Å². The zero-order valence-corrected chi connectivity index (χ0v) is 27.9. The quantitative estimate of drug-likeness (QED) is 0.103. The van der Waals surface area contributed by atoms with Gasteiger partial charge in [-0.3, -0.25) is 4.79 Å². The van der Waals surface area contributed by atoms with Gasteiger partial charge in [-0.1, -0.05) is 0 Å². The molecule has 6 rings (SSSR count). The largest absolute Gasteiger partial charge is 0.508 e. The third-order valence-corrected chi connectivity index (χ3v) is 9.36. The standard InChI is InChI=1S/C33H40O20/c1-9-19(38)23(42)25(44)32(49-9)52-29-20(39)10(2)48-31(27(29)46)47-8-17-21(40)24(43)26(45)33(51-17)53-30-22(41)18-15(37)6-12(34)7-16(18)50-28(30)11-3-4-13(35)14(36)5-11/h3-7,9-10,17,19-21,23-27,29,31-40,42-46H,8H2,1-2H3/t9-,10-,17+,19+,20-,21+,23+,24-,25+,26+,27+,29+,31+,32-,33-/m0/s1. The molecule has 1 aromatic heterocycles. The molecule has 0 saturated carbocycles. The normalized spacial score (nSPS) is 37.8. The van der Waals surface area contributed by atoms with Crippen molar-refractivity contribution in [2.75, 3.05) is 6.61 Å². The average Bonchev–Trinajstić information content (AvgIpc) is 3.11. The van der Waals surface area contributed by atoms with Crippen LogP contribution in [-0.4, -0.2) is 160 Å². The van der Waals surface area contributed by atoms with Gasteiger partial charge in [0.25, 0.3) is 0 Å². The number of aliphatic hydroxyl groups excluding tert-OH is 8. The highest BCUT2D eigenvalue weighted by Gasteiger charge is 2.51. The summed E-state index contributed by atoms with van der Waals surface area (Å²) in [5.74, 6) is -3.51. The summed E-state index contributed by atoms with van der Waals surface area (Å²) >= 11 is 0. The van der Waals surface area contributed by atoms with Crippen LogP contribution in [0.3, 0.4) is 0 Å². The first kappa shape index (κ1) is 38.8. The third-order valence-electron chi connectivity index (χ3n) is 9.36. The smallest absolute Gasteiger partial charge is 0.239 e. The van der Waals surface area contributed by atoms with Gasteiger partial charge in [0.2, 0.25) is 17.5 Å². The summed E-state index contributed by atoms with van der Waals surface area (Å²) in [7, 11) is 0. The van der Waals surface area contributed by atoms with Gasteiger partial charge < -0.3 is 94.1 Å². The Labute approximate surface area is 298 Å². The molecule has 15 atom stereocenters. The van der Waals surface area contributed by atoms with Crippen molar-refractivity contribution in [2.24, 2.45) is 0 Å². The maximum absolute atomic E-state index is 13.7. The molecule has 4 heterocycles. The summed E-state index contributed by atoms with van der Waals surface area (Å²) in [4.78, 5) is 13.7. The number of benzene rings is 2. The van der Waals surface area contributed by atoms with Crippen LogP contribution < -0.4 is 10.2 Å². The lowest BCUT2D eigenvalue weighted by Crippen LogP contribution is -2.64. The molecule has 0 unspecified atom stereocenters. The van der Waals surface area contributed by atoms with Crippen molar-refractivity contribution < 1.29 is 94.1 Å². The van der Waals surface area contributed by atoms with Crippen molar-refractivity contribution >= 4 is 11.0 Å². The van der Waals surface area contributed by atoms with E-state index in [2.05, 4.69) is 0 Å². The van der Waals surface area contributed by atoms with Gasteiger partial charge in [-0.05, 0) is 32.0 Å². The molecule has 0 spiro atoms. The number of aliphatic hydroxyl groups is 8. The van der Waals surface area contributed by atoms with Crippen molar-refractivity contribution in [3.05, 3.63) is 40.6 Å². The number of hydrogen-bond donors (Lipinski definition) is 12. The van der Waals surface area contributed by atoms with Crippen LogP contribution in [0.15, 0.2) is 39.5 Å². The van der Waals surface area contributed by atoms with E-state index < -0.39 is 144 Å². The van der Waals surface area contributed by atoms with Crippen LogP contribution in [0.4, 0.5) is 0 Å². The van der Waals surface area contributed by atoms with Gasteiger partial charge >= 0.3 is 0 Å². The van der Waals surface area contributed by atoms with Crippen LogP contribution in [-0.2, 0) is 23.7 Å². The minimum Gasteiger partial charge on any atom is -0.508 e. The van der Waals surface area contributed by atoms with Crippen molar-refractivity contribution in [3.8, 4) is 40.1 Å². The van der Waals surface area contributed by atoms with E-state index in [-0.39, 0.29) is 11.1 Å². The molecule has 3 fully saturated rings. The Balaban J connectivity index is 1.23. The first-order valence-corrected chi connectivity index (χ1v) is 16.4. The highest BCUT2D eigenvalue weighted by molar-refractivity contribution is 5.88. The molecule has 0 bridgehead atoms. The summed E-state index contributed by atoms with van der Waals surface area (Å²) < 4.78 is 39.5. The van der Waals surface area contributed by atoms with Crippen molar-refractivity contribution in [3.63, 3.8) is 0 Å². The van der Waals surface area contributed by atoms with Gasteiger partial charge in [0.15, 0.2) is 29.8 Å². The van der Waals surface area contributed by atoms with Crippen LogP contribution >= 0.6 is 0 Å². The Kier molecular flexibility index (Phi) is 11.1. The van der Waals surface area contributed by atoms with E-state index in [1.807, 2.05) is 0 Å². The van der Waals surface area contributed by atoms with Gasteiger partial charge in [-0.2, -0.15) is 0 Å². The fourth-order valence-electron chi connectivity index (χ4n) is 6.26. The van der Waals surface area contributed by atoms with Crippen LogP contribution in [0, 0.1) is 0 Å². The predicted molar refractivity (Wildman–Crippen MR) is 171 cm³/mol. The molecule has 0 amide bonds. The zero-order valence-electron chi connectivity index (χ0n) is 27.9. The predicted octanol–water partition coefficient (Wildman–Crippen LogP) is -2.84. The Hall–Kier alpha value is -3.87. The summed E-state index contributed by atoms with van der Waals surface area (Å²) in [6.45, 7) is 2.11. The lowest BCUT2D eigenvalue weighted by Gasteiger charge is -2.46. The third kappa shape index (κ3) is 7.34. The number of phenolic OH excluding ortho intramolecular Hbond substituents is 4. The lowest BCUT2D eigenvalue weighted by molar-refractivity contribution is -0.358. The number of aromatic hydroxyl groups is 4. The fourth-order valence-corrected chi connectivity index (χ4v) is 6.26. The van der Waals surface area contributed by atoms with Gasteiger partial charge in [0, 0.05) is 17.7 Å². The zero-order chi connectivity index (χ0) is 38.6. The van der Waals surface area contributed by atoms with E-state index in [4.69, 9.17) is 32.8 Å². The van der Waals surface area contributed by atoms with Crippen LogP contribution in [0.1, 0.15) is 13.8 Å². The molecular formula is C33H40O20. The van der Waals surface area contributed by atoms with Crippen LogP contribution in [0.2, 0.25) is 0 Å².